The van der Waals surface area contributed by atoms with E-state index in [4.69, 9.17) is 11.6 Å². The second-order valence-electron chi connectivity index (χ2n) is 2.74. The van der Waals surface area contributed by atoms with E-state index in [1.54, 1.807) is 0 Å². The molecule has 0 saturated carbocycles. The van der Waals surface area contributed by atoms with Crippen molar-refractivity contribution in [2.45, 2.75) is 4.90 Å². The van der Waals surface area contributed by atoms with Crippen LogP contribution in [0.4, 0.5) is 11.4 Å². The van der Waals surface area contributed by atoms with Crippen molar-refractivity contribution < 1.29 is 41.7 Å². The Hall–Kier alpha value is -1.18. The maximum absolute atomic E-state index is 10.7. The van der Waals surface area contributed by atoms with Crippen LogP contribution >= 0.6 is 11.6 Å². The van der Waals surface area contributed by atoms with Crippen LogP contribution in [0.1, 0.15) is 0 Å². The van der Waals surface area contributed by atoms with E-state index in [2.05, 4.69) is 0 Å². The van der Waals surface area contributed by atoms with Gasteiger partial charge in [-0.2, -0.15) is 0 Å². The molecule has 0 aliphatic carbocycles. The van der Waals surface area contributed by atoms with Crippen molar-refractivity contribution in [3.8, 4) is 0 Å². The van der Waals surface area contributed by atoms with E-state index in [0.717, 1.165) is 0 Å². The van der Waals surface area contributed by atoms with Gasteiger partial charge in [-0.15, -0.1) is 0 Å². The zero-order valence-electron chi connectivity index (χ0n) is 8.69. The summed E-state index contributed by atoms with van der Waals surface area (Å²) in [6.07, 6.45) is 0. The summed E-state index contributed by atoms with van der Waals surface area (Å²) in [5, 5.41) is 20.2. The average Bonchev–Trinajstić information content (AvgIpc) is 2.14. The standard InChI is InChI=1S/C6H3ClN2O7S.Li/c7-3-1-4(8(10)11)5(9(12)13)2-6(3)17(14,15)16;/h1-2H,(H,14,15,16);/q;+1/p-1. The van der Waals surface area contributed by atoms with Gasteiger partial charge in [0.15, 0.2) is 0 Å². The van der Waals surface area contributed by atoms with Gasteiger partial charge >= 0.3 is 30.2 Å². The molecule has 0 atom stereocenters. The third-order valence-corrected chi connectivity index (χ3v) is 2.99. The summed E-state index contributed by atoms with van der Waals surface area (Å²) in [6.45, 7) is 0. The van der Waals surface area contributed by atoms with Crippen molar-refractivity contribution in [3.63, 3.8) is 0 Å². The Labute approximate surface area is 117 Å². The van der Waals surface area contributed by atoms with Gasteiger partial charge in [0.25, 0.3) is 0 Å². The SMILES string of the molecule is O=[N+]([O-])c1cc(Cl)c(S(=O)(=O)[O-])cc1[N+](=O)[O-].[Li+]. The monoisotopic (exact) mass is 288 g/mol. The van der Waals surface area contributed by atoms with Crippen molar-refractivity contribution in [1.82, 2.24) is 0 Å². The van der Waals surface area contributed by atoms with Crippen LogP contribution < -0.4 is 18.9 Å². The number of rotatable bonds is 3. The van der Waals surface area contributed by atoms with Gasteiger partial charge < -0.3 is 4.55 Å². The minimum absolute atomic E-state index is 0. The van der Waals surface area contributed by atoms with E-state index in [-0.39, 0.29) is 24.9 Å². The largest absolute Gasteiger partial charge is 1.00 e. The fourth-order valence-electron chi connectivity index (χ4n) is 1.02. The zero-order chi connectivity index (χ0) is 13.4. The van der Waals surface area contributed by atoms with Crippen LogP contribution in [0, 0.1) is 20.2 Å². The number of hydrogen-bond acceptors (Lipinski definition) is 7. The van der Waals surface area contributed by atoms with Crippen LogP contribution in [-0.4, -0.2) is 22.8 Å². The minimum Gasteiger partial charge on any atom is -0.744 e. The van der Waals surface area contributed by atoms with Crippen LogP contribution in [0.25, 0.3) is 0 Å². The topological polar surface area (TPSA) is 143 Å². The second kappa shape index (κ2) is 5.64. The molecule has 1 aromatic rings. The van der Waals surface area contributed by atoms with Gasteiger partial charge in [0.1, 0.15) is 10.1 Å². The van der Waals surface area contributed by atoms with Gasteiger partial charge in [-0.3, -0.25) is 20.2 Å². The van der Waals surface area contributed by atoms with Crippen LogP contribution in [0.2, 0.25) is 5.02 Å². The van der Waals surface area contributed by atoms with Crippen molar-refractivity contribution >= 4 is 33.1 Å². The third-order valence-electron chi connectivity index (χ3n) is 1.69. The number of nitro groups is 2. The zero-order valence-corrected chi connectivity index (χ0v) is 10.3. The number of hydrogen-bond donors (Lipinski definition) is 0. The predicted octanol–water partition coefficient (Wildman–Crippen LogP) is -1.94. The van der Waals surface area contributed by atoms with Crippen LogP contribution in [0.15, 0.2) is 17.0 Å². The predicted molar refractivity (Wildman–Crippen MR) is 52.7 cm³/mol. The van der Waals surface area contributed by atoms with Gasteiger partial charge in [-0.25, -0.2) is 8.42 Å². The van der Waals surface area contributed by atoms with Gasteiger partial charge in [0, 0.05) is 12.1 Å². The van der Waals surface area contributed by atoms with Gasteiger partial charge in [0.05, 0.1) is 19.8 Å². The summed E-state index contributed by atoms with van der Waals surface area (Å²) in [7, 11) is -5.04. The molecule has 0 amide bonds. The minimum atomic E-state index is -5.04. The average molecular weight is 289 g/mol. The molecule has 92 valence electrons. The number of nitro benzene ring substituents is 2. The first-order valence-electron chi connectivity index (χ1n) is 3.73. The van der Waals surface area contributed by atoms with E-state index in [1.807, 2.05) is 0 Å². The summed E-state index contributed by atoms with van der Waals surface area (Å²) in [5.74, 6) is 0. The molecular weight excluding hydrogens is 287 g/mol. The smallest absolute Gasteiger partial charge is 0.744 e. The van der Waals surface area contributed by atoms with Crippen molar-refractivity contribution in [2.24, 2.45) is 0 Å². The van der Waals surface area contributed by atoms with Crippen LogP contribution in [0.3, 0.4) is 0 Å². The Morgan fingerprint density at radius 1 is 1.06 bits per heavy atom. The molecule has 12 heteroatoms. The fraction of sp³-hybridized carbons (Fsp3) is 0. The third kappa shape index (κ3) is 3.41. The number of nitrogens with zero attached hydrogens (tertiary/aromatic N) is 2. The Bertz CT molecular complexity index is 617. The van der Waals surface area contributed by atoms with Crippen molar-refractivity contribution in [2.75, 3.05) is 0 Å². The van der Waals surface area contributed by atoms with Gasteiger partial charge in [-0.1, -0.05) is 11.6 Å². The van der Waals surface area contributed by atoms with E-state index in [1.165, 1.54) is 0 Å². The number of benzene rings is 1. The normalized spacial score (nSPS) is 10.6. The summed E-state index contributed by atoms with van der Waals surface area (Å²) in [6, 6.07) is 0.716. The molecule has 0 fully saturated rings. The van der Waals surface area contributed by atoms with Crippen molar-refractivity contribution in [1.29, 1.82) is 0 Å². The van der Waals surface area contributed by atoms with Crippen LogP contribution in [0.5, 0.6) is 0 Å². The Morgan fingerprint density at radius 2 is 1.44 bits per heavy atom. The summed E-state index contributed by atoms with van der Waals surface area (Å²) in [4.78, 5) is 17.6. The molecule has 0 aliphatic rings. The first-order chi connectivity index (χ1) is 7.64. The van der Waals surface area contributed by atoms with Gasteiger partial charge in [0.2, 0.25) is 0 Å². The van der Waals surface area contributed by atoms with E-state index < -0.39 is 41.3 Å². The maximum atomic E-state index is 10.7. The maximum Gasteiger partial charge on any atom is 1.00 e. The molecule has 0 saturated heterocycles. The molecule has 0 radical (unpaired) electrons. The molecular formula is C6H2ClLiN2O7S. The Balaban J connectivity index is 0.00000289. The first-order valence-corrected chi connectivity index (χ1v) is 5.51. The summed E-state index contributed by atoms with van der Waals surface area (Å²) < 4.78 is 32.0. The molecule has 0 aromatic heterocycles. The molecule has 0 unspecified atom stereocenters. The first kappa shape index (κ1) is 16.8. The molecule has 0 bridgehead atoms. The van der Waals surface area contributed by atoms with E-state index in [0.29, 0.717) is 6.07 Å². The molecule has 0 heterocycles. The molecule has 18 heavy (non-hydrogen) atoms. The quantitative estimate of drug-likeness (QED) is 0.272. The number of halogens is 1. The van der Waals surface area contributed by atoms with Crippen LogP contribution in [-0.2, 0) is 10.1 Å². The molecule has 1 rings (SSSR count). The molecule has 0 N–H and O–H groups in total. The Kier molecular flexibility index (Phi) is 5.27. The Morgan fingerprint density at radius 3 is 1.78 bits per heavy atom. The molecule has 9 nitrogen and oxygen atoms in total. The van der Waals surface area contributed by atoms with E-state index in [9.17, 15) is 33.2 Å². The summed E-state index contributed by atoms with van der Waals surface area (Å²) in [5.41, 5.74) is -2.11. The van der Waals surface area contributed by atoms with Gasteiger partial charge in [-0.05, 0) is 0 Å². The molecule has 0 spiro atoms. The fourth-order valence-corrected chi connectivity index (χ4v) is 2.01. The van der Waals surface area contributed by atoms with Crippen molar-refractivity contribution in [3.05, 3.63) is 37.4 Å². The molecule has 0 aliphatic heterocycles. The van der Waals surface area contributed by atoms with E-state index >= 15 is 0 Å². The second-order valence-corrected chi connectivity index (χ2v) is 4.49. The summed E-state index contributed by atoms with van der Waals surface area (Å²) >= 11 is 5.33. The molecule has 1 aromatic carbocycles.